The molecule has 0 aliphatic carbocycles. The number of anilines is 2. The lowest BCUT2D eigenvalue weighted by atomic mass is 10.1. The lowest BCUT2D eigenvalue weighted by Crippen LogP contribution is -2.25. The second kappa shape index (κ2) is 5.81. The van der Waals surface area contributed by atoms with Gasteiger partial charge in [-0.2, -0.15) is 0 Å². The van der Waals surface area contributed by atoms with Gasteiger partial charge in [0, 0.05) is 29.1 Å². The molecule has 0 saturated heterocycles. The van der Waals surface area contributed by atoms with Crippen LogP contribution in [0.15, 0.2) is 53.6 Å². The number of amides is 1. The van der Waals surface area contributed by atoms with Gasteiger partial charge in [-0.1, -0.05) is 18.2 Å². The third-order valence-electron chi connectivity index (χ3n) is 4.50. The highest BCUT2D eigenvalue weighted by molar-refractivity contribution is 7.93. The molecule has 0 bridgehead atoms. The van der Waals surface area contributed by atoms with Crippen molar-refractivity contribution in [2.75, 3.05) is 16.2 Å². The fourth-order valence-electron chi connectivity index (χ4n) is 3.29. The van der Waals surface area contributed by atoms with Crippen LogP contribution in [0.25, 0.3) is 10.8 Å². The largest absolute Gasteiger partial charge is 0.308 e. The van der Waals surface area contributed by atoms with E-state index in [-0.39, 0.29) is 16.6 Å². The molecule has 0 radical (unpaired) electrons. The number of carbonyl (C=O) groups is 1. The van der Waals surface area contributed by atoms with Crippen LogP contribution in [0.3, 0.4) is 0 Å². The molecule has 7 heteroatoms. The minimum atomic E-state index is -3.84. The molecule has 132 valence electrons. The third kappa shape index (κ3) is 2.43. The molecule has 1 aliphatic heterocycles. The first kappa shape index (κ1) is 16.5. The quantitative estimate of drug-likeness (QED) is 0.767. The summed E-state index contributed by atoms with van der Waals surface area (Å²) in [5.41, 5.74) is 2.22. The Morgan fingerprint density at radius 3 is 2.62 bits per heavy atom. The molecular weight excluding hydrogens is 350 g/mol. The summed E-state index contributed by atoms with van der Waals surface area (Å²) < 4.78 is 28.4. The summed E-state index contributed by atoms with van der Waals surface area (Å²) >= 11 is 0. The van der Waals surface area contributed by atoms with E-state index in [0.717, 1.165) is 11.3 Å². The highest BCUT2D eigenvalue weighted by Crippen LogP contribution is 2.40. The molecule has 1 amide bonds. The standard InChI is InChI=1S/C19H17N3O3S/c1-3-22-15-8-9-16(13-5-4-6-14(18(13)15)19(22)23)26(24,25)21-17-10-7-12(2)11-20-17/h4-11H,3H2,1-2H3,(H,20,21). The first-order valence-electron chi connectivity index (χ1n) is 8.25. The maximum absolute atomic E-state index is 12.9. The van der Waals surface area contributed by atoms with E-state index in [1.165, 1.54) is 0 Å². The van der Waals surface area contributed by atoms with Crippen LogP contribution in [0.1, 0.15) is 22.8 Å². The molecule has 1 aliphatic rings. The summed E-state index contributed by atoms with van der Waals surface area (Å²) in [7, 11) is -3.84. The van der Waals surface area contributed by atoms with Gasteiger partial charge in [-0.15, -0.1) is 0 Å². The molecule has 2 aromatic carbocycles. The van der Waals surface area contributed by atoms with Crippen molar-refractivity contribution in [3.05, 3.63) is 59.8 Å². The molecule has 0 fully saturated rings. The molecular formula is C19H17N3O3S. The molecule has 4 rings (SSSR count). The fourth-order valence-corrected chi connectivity index (χ4v) is 4.50. The molecule has 6 nitrogen and oxygen atoms in total. The van der Waals surface area contributed by atoms with Gasteiger partial charge >= 0.3 is 0 Å². The van der Waals surface area contributed by atoms with E-state index >= 15 is 0 Å². The maximum Gasteiger partial charge on any atom is 0.263 e. The average molecular weight is 367 g/mol. The molecule has 0 saturated carbocycles. The number of hydrogen-bond donors (Lipinski definition) is 1. The molecule has 0 unspecified atom stereocenters. The van der Waals surface area contributed by atoms with Gasteiger partial charge in [-0.05, 0) is 43.7 Å². The number of aromatic nitrogens is 1. The summed E-state index contributed by atoms with van der Waals surface area (Å²) in [4.78, 5) is 18.4. The Bertz CT molecular complexity index is 1140. The average Bonchev–Trinajstić information content (AvgIpc) is 2.90. The zero-order valence-electron chi connectivity index (χ0n) is 14.4. The van der Waals surface area contributed by atoms with Crippen LogP contribution in [-0.2, 0) is 10.0 Å². The number of hydrogen-bond acceptors (Lipinski definition) is 4. The molecule has 2 heterocycles. The Morgan fingerprint density at radius 2 is 1.92 bits per heavy atom. The molecule has 0 spiro atoms. The second-order valence-electron chi connectivity index (χ2n) is 6.19. The van der Waals surface area contributed by atoms with Crippen molar-refractivity contribution in [1.29, 1.82) is 0 Å². The number of nitrogens with one attached hydrogen (secondary N) is 1. The normalized spacial score (nSPS) is 13.5. The van der Waals surface area contributed by atoms with Crippen molar-refractivity contribution < 1.29 is 13.2 Å². The zero-order chi connectivity index (χ0) is 18.5. The Labute approximate surface area is 151 Å². The minimum absolute atomic E-state index is 0.101. The first-order chi connectivity index (χ1) is 12.4. The lowest BCUT2D eigenvalue weighted by molar-refractivity contribution is 0.0994. The van der Waals surface area contributed by atoms with Crippen molar-refractivity contribution in [1.82, 2.24) is 4.98 Å². The van der Waals surface area contributed by atoms with Crippen LogP contribution in [0.2, 0.25) is 0 Å². The maximum atomic E-state index is 12.9. The van der Waals surface area contributed by atoms with E-state index < -0.39 is 10.0 Å². The Hall–Kier alpha value is -2.93. The molecule has 26 heavy (non-hydrogen) atoms. The molecule has 1 aromatic heterocycles. The topological polar surface area (TPSA) is 79.4 Å². The van der Waals surface area contributed by atoms with Gasteiger partial charge in [-0.25, -0.2) is 13.4 Å². The van der Waals surface area contributed by atoms with Gasteiger partial charge in [0.05, 0.1) is 10.6 Å². The smallest absolute Gasteiger partial charge is 0.263 e. The van der Waals surface area contributed by atoms with Gasteiger partial charge in [0.2, 0.25) is 0 Å². The highest BCUT2D eigenvalue weighted by Gasteiger charge is 2.31. The van der Waals surface area contributed by atoms with Gasteiger partial charge in [0.25, 0.3) is 15.9 Å². The monoisotopic (exact) mass is 367 g/mol. The van der Waals surface area contributed by atoms with Gasteiger partial charge in [0.1, 0.15) is 5.82 Å². The number of pyridine rings is 1. The van der Waals surface area contributed by atoms with E-state index in [1.807, 2.05) is 13.8 Å². The fraction of sp³-hybridized carbons (Fsp3) is 0.158. The number of aryl methyl sites for hydroxylation is 1. The Kier molecular flexibility index (Phi) is 3.69. The van der Waals surface area contributed by atoms with Crippen LogP contribution >= 0.6 is 0 Å². The molecule has 1 N–H and O–H groups in total. The van der Waals surface area contributed by atoms with E-state index in [2.05, 4.69) is 9.71 Å². The summed E-state index contributed by atoms with van der Waals surface area (Å²) in [6, 6.07) is 11.8. The number of rotatable bonds is 4. The van der Waals surface area contributed by atoms with E-state index in [4.69, 9.17) is 0 Å². The highest BCUT2D eigenvalue weighted by atomic mass is 32.2. The van der Waals surface area contributed by atoms with Gasteiger partial charge in [0.15, 0.2) is 0 Å². The van der Waals surface area contributed by atoms with Crippen LogP contribution in [-0.4, -0.2) is 25.9 Å². The molecule has 3 aromatic rings. The van der Waals surface area contributed by atoms with Crippen LogP contribution < -0.4 is 9.62 Å². The van der Waals surface area contributed by atoms with Crippen LogP contribution in [0.4, 0.5) is 11.5 Å². The van der Waals surface area contributed by atoms with Gasteiger partial charge < -0.3 is 4.90 Å². The summed E-state index contributed by atoms with van der Waals surface area (Å²) in [5.74, 6) is 0.154. The van der Waals surface area contributed by atoms with Crippen molar-refractivity contribution in [2.45, 2.75) is 18.7 Å². The molecule has 0 atom stereocenters. The van der Waals surface area contributed by atoms with Crippen molar-refractivity contribution in [3.8, 4) is 0 Å². The van der Waals surface area contributed by atoms with Crippen molar-refractivity contribution >= 4 is 38.2 Å². The second-order valence-corrected chi connectivity index (χ2v) is 7.84. The summed E-state index contributed by atoms with van der Waals surface area (Å²) in [5, 5.41) is 1.21. The SMILES string of the molecule is CCN1C(=O)c2cccc3c(S(=O)(=O)Nc4ccc(C)cn4)ccc1c23. The van der Waals surface area contributed by atoms with E-state index in [0.29, 0.717) is 22.9 Å². The number of benzene rings is 2. The zero-order valence-corrected chi connectivity index (χ0v) is 15.2. The van der Waals surface area contributed by atoms with Gasteiger partial charge in [-0.3, -0.25) is 9.52 Å². The Balaban J connectivity index is 1.87. The predicted molar refractivity (Wildman–Crippen MR) is 101 cm³/mol. The number of carbonyl (C=O) groups excluding carboxylic acids is 1. The Morgan fingerprint density at radius 1 is 1.12 bits per heavy atom. The predicted octanol–water partition coefficient (Wildman–Crippen LogP) is 3.32. The van der Waals surface area contributed by atoms with Crippen molar-refractivity contribution in [2.24, 2.45) is 0 Å². The number of nitrogens with zero attached hydrogens (tertiary/aromatic N) is 2. The van der Waals surface area contributed by atoms with Crippen LogP contribution in [0.5, 0.6) is 0 Å². The van der Waals surface area contributed by atoms with Crippen LogP contribution in [0, 0.1) is 6.92 Å². The third-order valence-corrected chi connectivity index (χ3v) is 5.91. The van der Waals surface area contributed by atoms with E-state index in [9.17, 15) is 13.2 Å². The summed E-state index contributed by atoms with van der Waals surface area (Å²) in [6.07, 6.45) is 1.60. The van der Waals surface area contributed by atoms with E-state index in [1.54, 1.807) is 53.6 Å². The first-order valence-corrected chi connectivity index (χ1v) is 9.74. The summed E-state index contributed by atoms with van der Waals surface area (Å²) in [6.45, 7) is 4.30. The minimum Gasteiger partial charge on any atom is -0.308 e. The van der Waals surface area contributed by atoms with Crippen molar-refractivity contribution in [3.63, 3.8) is 0 Å². The number of sulfonamides is 1. The lowest BCUT2D eigenvalue weighted by Gasteiger charge is -2.15.